The highest BCUT2D eigenvalue weighted by molar-refractivity contribution is 5.85. The monoisotopic (exact) mass is 209 g/mol. The van der Waals surface area contributed by atoms with Gasteiger partial charge in [-0.25, -0.2) is 4.79 Å². The van der Waals surface area contributed by atoms with Crippen molar-refractivity contribution in [1.82, 2.24) is 5.16 Å². The van der Waals surface area contributed by atoms with E-state index in [1.165, 1.54) is 6.07 Å². The molecule has 1 aliphatic carbocycles. The Bertz CT molecular complexity index is 403. The van der Waals surface area contributed by atoms with Crippen LogP contribution in [0.2, 0.25) is 0 Å². The number of carboxylic acid groups (broad SMARTS) is 1. The summed E-state index contributed by atoms with van der Waals surface area (Å²) in [5.41, 5.74) is 0.272. The summed E-state index contributed by atoms with van der Waals surface area (Å²) in [7, 11) is 0. The minimum atomic E-state index is -1.04. The van der Waals surface area contributed by atoms with E-state index in [0.29, 0.717) is 5.76 Å². The predicted octanol–water partition coefficient (Wildman–Crippen LogP) is 2.52. The lowest BCUT2D eigenvalue weighted by molar-refractivity contribution is 0.0685. The quantitative estimate of drug-likeness (QED) is 0.812. The van der Waals surface area contributed by atoms with Crippen LogP contribution in [-0.4, -0.2) is 16.2 Å². The Kier molecular flexibility index (Phi) is 1.78. The van der Waals surface area contributed by atoms with Gasteiger partial charge in [0.1, 0.15) is 5.76 Å². The molecule has 2 rings (SSSR count). The molecule has 0 radical (unpaired) electrons. The van der Waals surface area contributed by atoms with Crippen LogP contribution in [0, 0.1) is 10.8 Å². The van der Waals surface area contributed by atoms with Gasteiger partial charge in [-0.2, -0.15) is 0 Å². The van der Waals surface area contributed by atoms with Crippen molar-refractivity contribution in [2.24, 2.45) is 10.8 Å². The molecule has 1 aromatic rings. The Morgan fingerprint density at radius 2 is 1.93 bits per heavy atom. The van der Waals surface area contributed by atoms with Crippen molar-refractivity contribution in [3.63, 3.8) is 0 Å². The highest BCUT2D eigenvalue weighted by Gasteiger charge is 2.67. The minimum absolute atomic E-state index is 0.0106. The molecule has 1 saturated carbocycles. The van der Waals surface area contributed by atoms with Crippen LogP contribution in [0.4, 0.5) is 0 Å². The van der Waals surface area contributed by atoms with Gasteiger partial charge in [0, 0.05) is 12.0 Å². The summed E-state index contributed by atoms with van der Waals surface area (Å²) in [6.07, 6.45) is 0. The third-order valence-electron chi connectivity index (χ3n) is 4.05. The van der Waals surface area contributed by atoms with Gasteiger partial charge < -0.3 is 9.63 Å². The number of rotatable bonds is 2. The summed E-state index contributed by atoms with van der Waals surface area (Å²) >= 11 is 0. The Hall–Kier alpha value is -1.32. The first kappa shape index (κ1) is 10.2. The Labute approximate surface area is 88.3 Å². The van der Waals surface area contributed by atoms with E-state index < -0.39 is 5.97 Å². The maximum absolute atomic E-state index is 10.7. The molecule has 82 valence electrons. The molecule has 0 amide bonds. The van der Waals surface area contributed by atoms with Crippen LogP contribution in [0.15, 0.2) is 10.6 Å². The van der Waals surface area contributed by atoms with E-state index in [-0.39, 0.29) is 22.4 Å². The lowest BCUT2D eigenvalue weighted by Crippen LogP contribution is -1.95. The third kappa shape index (κ3) is 1.20. The second-order valence-electron chi connectivity index (χ2n) is 5.30. The molecule has 0 unspecified atom stereocenters. The van der Waals surface area contributed by atoms with Crippen LogP contribution in [-0.2, 0) is 0 Å². The van der Waals surface area contributed by atoms with E-state index >= 15 is 0 Å². The van der Waals surface area contributed by atoms with Crippen molar-refractivity contribution in [2.45, 2.75) is 33.6 Å². The van der Waals surface area contributed by atoms with E-state index in [2.05, 4.69) is 32.9 Å². The Balaban J connectivity index is 2.30. The van der Waals surface area contributed by atoms with E-state index in [9.17, 15) is 4.79 Å². The summed E-state index contributed by atoms with van der Waals surface area (Å²) in [5, 5.41) is 12.3. The van der Waals surface area contributed by atoms with Gasteiger partial charge in [0.05, 0.1) is 0 Å². The summed E-state index contributed by atoms with van der Waals surface area (Å²) in [4.78, 5) is 10.7. The van der Waals surface area contributed by atoms with Gasteiger partial charge in [-0.05, 0) is 10.8 Å². The fourth-order valence-corrected chi connectivity index (χ4v) is 2.43. The van der Waals surface area contributed by atoms with Crippen molar-refractivity contribution < 1.29 is 14.4 Å². The average Bonchev–Trinajstić information content (AvgIpc) is 2.52. The molecule has 0 atom stereocenters. The first-order valence-corrected chi connectivity index (χ1v) is 4.98. The van der Waals surface area contributed by atoms with Gasteiger partial charge in [-0.1, -0.05) is 32.9 Å². The van der Waals surface area contributed by atoms with Gasteiger partial charge in [0.25, 0.3) is 0 Å². The SMILES string of the molecule is CC1(C)C(c2cc(C(=O)O)no2)C1(C)C. The molecule has 0 bridgehead atoms. The number of aromatic carboxylic acids is 1. The van der Waals surface area contributed by atoms with Crippen molar-refractivity contribution >= 4 is 5.97 Å². The molecule has 4 heteroatoms. The lowest BCUT2D eigenvalue weighted by Gasteiger charge is -2.03. The number of carboxylic acids is 1. The van der Waals surface area contributed by atoms with Crippen LogP contribution >= 0.6 is 0 Å². The molecule has 0 saturated heterocycles. The molecule has 1 N–H and O–H groups in total. The molecule has 0 spiro atoms. The molecule has 1 aliphatic rings. The molecule has 4 nitrogen and oxygen atoms in total. The van der Waals surface area contributed by atoms with Crippen molar-refractivity contribution in [3.8, 4) is 0 Å². The smallest absolute Gasteiger partial charge is 0.358 e. The highest BCUT2D eigenvalue weighted by atomic mass is 16.5. The van der Waals surface area contributed by atoms with Crippen LogP contribution in [0.1, 0.15) is 49.9 Å². The maximum atomic E-state index is 10.7. The van der Waals surface area contributed by atoms with E-state index in [0.717, 1.165) is 0 Å². The standard InChI is InChI=1S/C11H15NO3/c1-10(2)8(11(10,3)4)7-5-6(9(13)14)12-15-7/h5,8H,1-4H3,(H,13,14). The fourth-order valence-electron chi connectivity index (χ4n) is 2.43. The molecular formula is C11H15NO3. The Morgan fingerprint density at radius 1 is 1.40 bits per heavy atom. The molecule has 1 fully saturated rings. The number of aromatic nitrogens is 1. The van der Waals surface area contributed by atoms with Crippen molar-refractivity contribution in [1.29, 1.82) is 0 Å². The van der Waals surface area contributed by atoms with Crippen molar-refractivity contribution in [2.75, 3.05) is 0 Å². The second kappa shape index (κ2) is 2.62. The third-order valence-corrected chi connectivity index (χ3v) is 4.05. The highest BCUT2D eigenvalue weighted by Crippen LogP contribution is 2.73. The van der Waals surface area contributed by atoms with E-state index in [4.69, 9.17) is 9.63 Å². The zero-order valence-corrected chi connectivity index (χ0v) is 9.37. The van der Waals surface area contributed by atoms with Gasteiger partial charge in [0.2, 0.25) is 0 Å². The number of hydrogen-bond acceptors (Lipinski definition) is 3. The molecular weight excluding hydrogens is 194 g/mol. The molecule has 1 heterocycles. The normalized spacial score (nSPS) is 22.7. The number of nitrogens with zero attached hydrogens (tertiary/aromatic N) is 1. The molecule has 1 aromatic heterocycles. The van der Waals surface area contributed by atoms with Crippen molar-refractivity contribution in [3.05, 3.63) is 17.5 Å². The summed E-state index contributed by atoms with van der Waals surface area (Å²) < 4.78 is 5.09. The molecule has 15 heavy (non-hydrogen) atoms. The molecule has 0 aromatic carbocycles. The number of carbonyl (C=O) groups is 1. The lowest BCUT2D eigenvalue weighted by atomic mass is 10.0. The Morgan fingerprint density at radius 3 is 2.27 bits per heavy atom. The van der Waals surface area contributed by atoms with E-state index in [1.54, 1.807) is 0 Å². The largest absolute Gasteiger partial charge is 0.476 e. The number of hydrogen-bond donors (Lipinski definition) is 1. The fraction of sp³-hybridized carbons (Fsp3) is 0.636. The van der Waals surface area contributed by atoms with Crippen LogP contribution < -0.4 is 0 Å². The van der Waals surface area contributed by atoms with Gasteiger partial charge >= 0.3 is 5.97 Å². The minimum Gasteiger partial charge on any atom is -0.476 e. The van der Waals surface area contributed by atoms with Gasteiger partial charge in [-0.15, -0.1) is 0 Å². The van der Waals surface area contributed by atoms with Gasteiger partial charge in [-0.3, -0.25) is 0 Å². The second-order valence-corrected chi connectivity index (χ2v) is 5.30. The van der Waals surface area contributed by atoms with Crippen LogP contribution in [0.3, 0.4) is 0 Å². The van der Waals surface area contributed by atoms with E-state index in [1.807, 2.05) is 0 Å². The first-order valence-electron chi connectivity index (χ1n) is 4.98. The topological polar surface area (TPSA) is 63.3 Å². The average molecular weight is 209 g/mol. The maximum Gasteiger partial charge on any atom is 0.358 e. The molecule has 0 aliphatic heterocycles. The van der Waals surface area contributed by atoms with Gasteiger partial charge in [0.15, 0.2) is 5.69 Å². The first-order chi connectivity index (χ1) is 6.78. The summed E-state index contributed by atoms with van der Waals surface area (Å²) in [5.74, 6) is -0.103. The summed E-state index contributed by atoms with van der Waals surface area (Å²) in [6.45, 7) is 8.61. The summed E-state index contributed by atoms with van der Waals surface area (Å²) in [6, 6.07) is 1.53. The predicted molar refractivity (Wildman–Crippen MR) is 53.8 cm³/mol. The van der Waals surface area contributed by atoms with Crippen LogP contribution in [0.25, 0.3) is 0 Å². The zero-order chi connectivity index (χ0) is 11.4. The zero-order valence-electron chi connectivity index (χ0n) is 9.37. The van der Waals surface area contributed by atoms with Crippen LogP contribution in [0.5, 0.6) is 0 Å².